The molecule has 1 saturated heterocycles. The van der Waals surface area contributed by atoms with Crippen LogP contribution in [0.2, 0.25) is 5.02 Å². The highest BCUT2D eigenvalue weighted by atomic mass is 35.5. The van der Waals surface area contributed by atoms with Crippen molar-refractivity contribution in [3.63, 3.8) is 0 Å². The number of nitrogens with one attached hydrogen (secondary N) is 1. The summed E-state index contributed by atoms with van der Waals surface area (Å²) in [5, 5.41) is 3.27. The first kappa shape index (κ1) is 17.4. The standard InChI is InChI=1S/C19H20ClN3O2/c1-13-9-16(12-21-11-13)22-18(24)19(25)23-8-3-2-7-17(23)14-5-4-6-15(20)10-14/h4-6,9-12,17H,2-3,7-8H2,1H3,(H,22,24)/t17-/m0/s1. The molecule has 5 nitrogen and oxygen atoms in total. The minimum Gasteiger partial charge on any atom is -0.327 e. The molecular formula is C19H20ClN3O2. The smallest absolute Gasteiger partial charge is 0.313 e. The topological polar surface area (TPSA) is 62.3 Å². The minimum atomic E-state index is -0.638. The van der Waals surface area contributed by atoms with Crippen molar-refractivity contribution < 1.29 is 9.59 Å². The molecule has 6 heteroatoms. The van der Waals surface area contributed by atoms with E-state index in [1.807, 2.05) is 25.1 Å². The van der Waals surface area contributed by atoms with E-state index in [0.717, 1.165) is 30.4 Å². The first-order valence-corrected chi connectivity index (χ1v) is 8.71. The number of aryl methyl sites for hydroxylation is 1. The molecule has 0 saturated carbocycles. The van der Waals surface area contributed by atoms with Gasteiger partial charge in [-0.2, -0.15) is 0 Å². The van der Waals surface area contributed by atoms with Crippen LogP contribution < -0.4 is 5.32 Å². The second-order valence-corrected chi connectivity index (χ2v) is 6.71. The Hall–Kier alpha value is -2.40. The van der Waals surface area contributed by atoms with E-state index in [4.69, 9.17) is 11.6 Å². The Balaban J connectivity index is 1.77. The first-order valence-electron chi connectivity index (χ1n) is 8.33. The molecule has 1 aliphatic rings. The van der Waals surface area contributed by atoms with Gasteiger partial charge in [-0.25, -0.2) is 0 Å². The Morgan fingerprint density at radius 1 is 1.24 bits per heavy atom. The predicted molar refractivity (Wildman–Crippen MR) is 97.4 cm³/mol. The molecule has 0 spiro atoms. The first-order chi connectivity index (χ1) is 12.0. The van der Waals surface area contributed by atoms with Crippen molar-refractivity contribution in [2.24, 2.45) is 0 Å². The number of anilines is 1. The van der Waals surface area contributed by atoms with Crippen LogP contribution in [0.15, 0.2) is 42.7 Å². The summed E-state index contributed by atoms with van der Waals surface area (Å²) in [6.07, 6.45) is 5.96. The molecule has 1 N–H and O–H groups in total. The van der Waals surface area contributed by atoms with Gasteiger partial charge >= 0.3 is 11.8 Å². The molecule has 1 atom stereocenters. The fourth-order valence-electron chi connectivity index (χ4n) is 3.17. The van der Waals surface area contributed by atoms with Gasteiger partial charge in [0.2, 0.25) is 0 Å². The normalized spacial score (nSPS) is 17.2. The van der Waals surface area contributed by atoms with Gasteiger partial charge in [0.05, 0.1) is 17.9 Å². The third-order valence-electron chi connectivity index (χ3n) is 4.32. The largest absolute Gasteiger partial charge is 0.327 e. The summed E-state index contributed by atoms with van der Waals surface area (Å²) in [5.41, 5.74) is 2.40. The van der Waals surface area contributed by atoms with E-state index >= 15 is 0 Å². The van der Waals surface area contributed by atoms with E-state index in [0.29, 0.717) is 17.3 Å². The van der Waals surface area contributed by atoms with Crippen molar-refractivity contribution in [1.82, 2.24) is 9.88 Å². The fraction of sp³-hybridized carbons (Fsp3) is 0.316. The van der Waals surface area contributed by atoms with Gasteiger partial charge in [0.1, 0.15) is 0 Å². The number of hydrogen-bond acceptors (Lipinski definition) is 3. The third kappa shape index (κ3) is 4.17. The average molecular weight is 358 g/mol. The van der Waals surface area contributed by atoms with Gasteiger partial charge in [0.25, 0.3) is 0 Å². The number of nitrogens with zero attached hydrogens (tertiary/aromatic N) is 2. The van der Waals surface area contributed by atoms with Gasteiger partial charge in [0.15, 0.2) is 0 Å². The van der Waals surface area contributed by atoms with Crippen molar-refractivity contribution in [2.75, 3.05) is 11.9 Å². The molecule has 0 radical (unpaired) electrons. The van der Waals surface area contributed by atoms with Crippen LogP contribution in [0.25, 0.3) is 0 Å². The zero-order chi connectivity index (χ0) is 17.8. The lowest BCUT2D eigenvalue weighted by atomic mass is 9.95. The second kappa shape index (κ2) is 7.66. The van der Waals surface area contributed by atoms with Gasteiger partial charge in [-0.1, -0.05) is 23.7 Å². The number of carbonyl (C=O) groups excluding carboxylic acids is 2. The van der Waals surface area contributed by atoms with E-state index in [2.05, 4.69) is 10.3 Å². The van der Waals surface area contributed by atoms with Crippen LogP contribution in [0.3, 0.4) is 0 Å². The molecule has 0 aliphatic carbocycles. The summed E-state index contributed by atoms with van der Waals surface area (Å²) in [4.78, 5) is 30.8. The summed E-state index contributed by atoms with van der Waals surface area (Å²) in [6.45, 7) is 2.44. The lowest BCUT2D eigenvalue weighted by molar-refractivity contribution is -0.145. The monoisotopic (exact) mass is 357 g/mol. The Labute approximate surface area is 152 Å². The van der Waals surface area contributed by atoms with Crippen LogP contribution >= 0.6 is 11.6 Å². The molecular weight excluding hydrogens is 338 g/mol. The van der Waals surface area contributed by atoms with Crippen molar-refractivity contribution in [3.05, 3.63) is 58.9 Å². The van der Waals surface area contributed by atoms with Crippen LogP contribution in [0, 0.1) is 6.92 Å². The summed E-state index contributed by atoms with van der Waals surface area (Å²) in [7, 11) is 0. The zero-order valence-electron chi connectivity index (χ0n) is 14.0. The Kier molecular flexibility index (Phi) is 5.34. The van der Waals surface area contributed by atoms with Crippen LogP contribution in [0.1, 0.15) is 36.4 Å². The van der Waals surface area contributed by atoms with Crippen LogP contribution in [-0.4, -0.2) is 28.2 Å². The molecule has 1 aromatic carbocycles. The third-order valence-corrected chi connectivity index (χ3v) is 4.56. The number of benzene rings is 1. The minimum absolute atomic E-state index is 0.124. The zero-order valence-corrected chi connectivity index (χ0v) is 14.8. The highest BCUT2D eigenvalue weighted by Crippen LogP contribution is 2.32. The van der Waals surface area contributed by atoms with E-state index in [1.165, 1.54) is 6.20 Å². The van der Waals surface area contributed by atoms with Crippen molar-refractivity contribution >= 4 is 29.1 Å². The van der Waals surface area contributed by atoms with Crippen LogP contribution in [0.4, 0.5) is 5.69 Å². The van der Waals surface area contributed by atoms with Gasteiger partial charge in [-0.05, 0) is 55.5 Å². The van der Waals surface area contributed by atoms with E-state index in [9.17, 15) is 9.59 Å². The fourth-order valence-corrected chi connectivity index (χ4v) is 3.37. The molecule has 2 amide bonds. The Bertz CT molecular complexity index is 794. The molecule has 1 fully saturated rings. The number of hydrogen-bond donors (Lipinski definition) is 1. The molecule has 1 aromatic heterocycles. The number of pyridine rings is 1. The lowest BCUT2D eigenvalue weighted by Crippen LogP contribution is -2.44. The maximum absolute atomic E-state index is 12.7. The van der Waals surface area contributed by atoms with E-state index < -0.39 is 11.8 Å². The van der Waals surface area contributed by atoms with Gasteiger partial charge in [-0.3, -0.25) is 14.6 Å². The number of aromatic nitrogens is 1. The summed E-state index contributed by atoms with van der Waals surface area (Å²) >= 11 is 6.09. The predicted octanol–water partition coefficient (Wildman–Crippen LogP) is 3.74. The Morgan fingerprint density at radius 2 is 2.08 bits per heavy atom. The van der Waals surface area contributed by atoms with Crippen molar-refractivity contribution in [3.8, 4) is 0 Å². The number of rotatable bonds is 2. The van der Waals surface area contributed by atoms with Gasteiger partial charge in [0, 0.05) is 17.8 Å². The lowest BCUT2D eigenvalue weighted by Gasteiger charge is -2.35. The maximum Gasteiger partial charge on any atom is 0.313 e. The number of amides is 2. The summed E-state index contributed by atoms with van der Waals surface area (Å²) < 4.78 is 0. The summed E-state index contributed by atoms with van der Waals surface area (Å²) in [5.74, 6) is -1.16. The van der Waals surface area contributed by atoms with Gasteiger partial charge in [-0.15, -0.1) is 0 Å². The SMILES string of the molecule is Cc1cncc(NC(=O)C(=O)N2CCCC[C@H]2c2cccc(Cl)c2)c1. The summed E-state index contributed by atoms with van der Waals surface area (Å²) in [6, 6.07) is 9.14. The molecule has 0 unspecified atom stereocenters. The number of carbonyl (C=O) groups is 2. The second-order valence-electron chi connectivity index (χ2n) is 6.27. The highest BCUT2D eigenvalue weighted by Gasteiger charge is 2.31. The highest BCUT2D eigenvalue weighted by molar-refractivity contribution is 6.39. The Morgan fingerprint density at radius 3 is 2.84 bits per heavy atom. The van der Waals surface area contributed by atoms with E-state index in [1.54, 1.807) is 23.2 Å². The molecule has 1 aliphatic heterocycles. The quantitative estimate of drug-likeness (QED) is 0.833. The molecule has 0 bridgehead atoms. The molecule has 25 heavy (non-hydrogen) atoms. The van der Waals surface area contributed by atoms with Gasteiger partial charge < -0.3 is 10.2 Å². The van der Waals surface area contributed by atoms with Crippen LogP contribution in [0.5, 0.6) is 0 Å². The van der Waals surface area contributed by atoms with E-state index in [-0.39, 0.29) is 6.04 Å². The van der Waals surface area contributed by atoms with Crippen molar-refractivity contribution in [2.45, 2.75) is 32.2 Å². The number of likely N-dealkylation sites (tertiary alicyclic amines) is 1. The average Bonchev–Trinajstić information content (AvgIpc) is 2.61. The molecule has 130 valence electrons. The molecule has 2 heterocycles. The maximum atomic E-state index is 12.7. The van der Waals surface area contributed by atoms with Crippen molar-refractivity contribution in [1.29, 1.82) is 0 Å². The van der Waals surface area contributed by atoms with Crippen LogP contribution in [-0.2, 0) is 9.59 Å². The number of piperidine rings is 1. The molecule has 3 rings (SSSR count). The molecule has 2 aromatic rings. The number of halogens is 1.